The molecule has 8 heteroatoms. The minimum absolute atomic E-state index is 0.0676. The number of nitrogens with zero attached hydrogens (tertiary/aromatic N) is 1. The fourth-order valence-corrected chi connectivity index (χ4v) is 5.62. The molecule has 2 atom stereocenters. The normalized spacial score (nSPS) is 21.2. The number of fused-ring (bicyclic) bond motifs is 2. The second-order valence-electron chi connectivity index (χ2n) is 7.44. The molecule has 2 aliphatic rings. The molecule has 2 heterocycles. The van der Waals surface area contributed by atoms with Crippen LogP contribution in [0.3, 0.4) is 0 Å². The van der Waals surface area contributed by atoms with E-state index in [-0.39, 0.29) is 11.5 Å². The van der Waals surface area contributed by atoms with Crippen LogP contribution in [-0.2, 0) is 32.2 Å². The van der Waals surface area contributed by atoms with Crippen LogP contribution >= 0.6 is 0 Å². The van der Waals surface area contributed by atoms with Gasteiger partial charge in [-0.05, 0) is 44.2 Å². The fourth-order valence-electron chi connectivity index (χ4n) is 3.94. The lowest BCUT2D eigenvalue weighted by Crippen LogP contribution is -2.42. The molecular weight excluding hydrogens is 380 g/mol. The summed E-state index contributed by atoms with van der Waals surface area (Å²) in [5.74, 6) is -1.02. The Labute approximate surface area is 163 Å². The summed E-state index contributed by atoms with van der Waals surface area (Å²) in [6, 6.07) is 6.99. The van der Waals surface area contributed by atoms with Crippen molar-refractivity contribution < 1.29 is 22.7 Å². The summed E-state index contributed by atoms with van der Waals surface area (Å²) >= 11 is 0. The van der Waals surface area contributed by atoms with E-state index in [4.69, 9.17) is 4.74 Å². The van der Waals surface area contributed by atoms with Gasteiger partial charge < -0.3 is 10.1 Å². The van der Waals surface area contributed by atoms with E-state index in [9.17, 15) is 18.0 Å². The Morgan fingerprint density at radius 2 is 2.04 bits per heavy atom. The van der Waals surface area contributed by atoms with Gasteiger partial charge >= 0.3 is 5.97 Å². The first-order valence-corrected chi connectivity index (χ1v) is 11.3. The number of benzene rings is 1. The Kier molecular flexibility index (Phi) is 4.82. The Morgan fingerprint density at radius 1 is 1.25 bits per heavy atom. The number of hydrogen-bond acceptors (Lipinski definition) is 6. The molecule has 1 aliphatic carbocycles. The van der Waals surface area contributed by atoms with Crippen molar-refractivity contribution in [1.29, 1.82) is 0 Å². The number of esters is 1. The van der Waals surface area contributed by atoms with Crippen LogP contribution in [0.5, 0.6) is 0 Å². The molecule has 148 valence electrons. The van der Waals surface area contributed by atoms with Gasteiger partial charge in [0.1, 0.15) is 0 Å². The lowest BCUT2D eigenvalue weighted by Gasteiger charge is -2.18. The average molecular weight is 402 g/mol. The molecule has 0 bridgehead atoms. The smallest absolute Gasteiger partial charge is 0.339 e. The zero-order chi connectivity index (χ0) is 19.9. The number of hydrogen-bond donors (Lipinski definition) is 1. The van der Waals surface area contributed by atoms with Crippen molar-refractivity contribution in [2.45, 2.75) is 44.8 Å². The molecular formula is C20H22N2O5S. The van der Waals surface area contributed by atoms with Crippen LogP contribution in [-0.4, -0.2) is 48.9 Å². The quantitative estimate of drug-likeness (QED) is 0.779. The molecule has 1 N–H and O–H groups in total. The van der Waals surface area contributed by atoms with E-state index in [1.54, 1.807) is 0 Å². The molecule has 0 radical (unpaired) electrons. The van der Waals surface area contributed by atoms with E-state index in [2.05, 4.69) is 10.3 Å². The van der Waals surface area contributed by atoms with Gasteiger partial charge in [0.2, 0.25) is 0 Å². The lowest BCUT2D eigenvalue weighted by molar-refractivity contribution is -0.129. The number of carbonyl (C=O) groups excluding carboxylic acids is 2. The lowest BCUT2D eigenvalue weighted by atomic mass is 10.0. The number of pyridine rings is 1. The number of ether oxygens (including phenoxy) is 1. The molecule has 0 spiro atoms. The van der Waals surface area contributed by atoms with E-state index >= 15 is 0 Å². The summed E-state index contributed by atoms with van der Waals surface area (Å²) in [6.07, 6.45) is 1.90. The zero-order valence-corrected chi connectivity index (χ0v) is 16.4. The van der Waals surface area contributed by atoms with E-state index in [1.807, 2.05) is 24.3 Å². The SMILES string of the molecule is C[C@@H](OC(=O)c1c2c(nc3ccccc13)CCC2)C(=O)N[C@H]1CCS(=O)(=O)C1. The van der Waals surface area contributed by atoms with E-state index in [0.29, 0.717) is 12.0 Å². The van der Waals surface area contributed by atoms with Crippen molar-refractivity contribution in [2.24, 2.45) is 0 Å². The van der Waals surface area contributed by atoms with Crippen LogP contribution < -0.4 is 5.32 Å². The minimum atomic E-state index is -3.09. The van der Waals surface area contributed by atoms with Crippen LogP contribution in [0, 0.1) is 0 Å². The van der Waals surface area contributed by atoms with Crippen LogP contribution in [0.4, 0.5) is 0 Å². The second kappa shape index (κ2) is 7.16. The third-order valence-electron chi connectivity index (χ3n) is 5.36. The number of aromatic nitrogens is 1. The molecule has 1 saturated heterocycles. The maximum Gasteiger partial charge on any atom is 0.339 e. The van der Waals surface area contributed by atoms with Crippen molar-refractivity contribution in [2.75, 3.05) is 11.5 Å². The zero-order valence-electron chi connectivity index (χ0n) is 15.6. The highest BCUT2D eigenvalue weighted by atomic mass is 32.2. The average Bonchev–Trinajstić information content (AvgIpc) is 3.24. The first kappa shape index (κ1) is 18.9. The number of sulfone groups is 1. The van der Waals surface area contributed by atoms with Gasteiger partial charge in [0.15, 0.2) is 15.9 Å². The Balaban J connectivity index is 1.53. The largest absolute Gasteiger partial charge is 0.449 e. The number of aryl methyl sites for hydroxylation is 1. The highest BCUT2D eigenvalue weighted by Gasteiger charge is 2.32. The van der Waals surface area contributed by atoms with E-state index in [1.165, 1.54) is 6.92 Å². The molecule has 0 saturated carbocycles. The van der Waals surface area contributed by atoms with Gasteiger partial charge in [-0.2, -0.15) is 0 Å². The fraction of sp³-hybridized carbons (Fsp3) is 0.450. The van der Waals surface area contributed by atoms with Crippen LogP contribution in [0.2, 0.25) is 0 Å². The number of carbonyl (C=O) groups is 2. The van der Waals surface area contributed by atoms with E-state index < -0.39 is 33.9 Å². The van der Waals surface area contributed by atoms with Gasteiger partial charge in [-0.25, -0.2) is 13.2 Å². The van der Waals surface area contributed by atoms with Crippen molar-refractivity contribution >= 4 is 32.6 Å². The molecule has 1 aromatic heterocycles. The van der Waals surface area contributed by atoms with Gasteiger partial charge in [0.25, 0.3) is 5.91 Å². The van der Waals surface area contributed by atoms with Gasteiger partial charge in [0, 0.05) is 17.1 Å². The van der Waals surface area contributed by atoms with Gasteiger partial charge in [-0.1, -0.05) is 18.2 Å². The van der Waals surface area contributed by atoms with Crippen LogP contribution in [0.25, 0.3) is 10.9 Å². The van der Waals surface area contributed by atoms with Gasteiger partial charge in [-0.3, -0.25) is 9.78 Å². The van der Waals surface area contributed by atoms with Crippen molar-refractivity contribution in [1.82, 2.24) is 10.3 Å². The van der Waals surface area contributed by atoms with Crippen molar-refractivity contribution in [3.8, 4) is 0 Å². The number of nitrogens with one attached hydrogen (secondary N) is 1. The standard InChI is InChI=1S/C20H22N2O5S/c1-12(19(23)21-13-9-10-28(25,26)11-13)27-20(24)18-14-5-2-3-7-16(14)22-17-8-4-6-15(17)18/h2-3,5,7,12-13H,4,6,8-11H2,1H3,(H,21,23)/t12-,13+/m1/s1. The maximum atomic E-state index is 12.9. The van der Waals surface area contributed by atoms with Crippen LogP contribution in [0.15, 0.2) is 24.3 Å². The van der Waals surface area contributed by atoms with Crippen molar-refractivity contribution in [3.63, 3.8) is 0 Å². The molecule has 4 rings (SSSR count). The Bertz CT molecular complexity index is 1060. The Morgan fingerprint density at radius 3 is 2.79 bits per heavy atom. The summed E-state index contributed by atoms with van der Waals surface area (Å²) in [7, 11) is -3.09. The summed E-state index contributed by atoms with van der Waals surface area (Å²) < 4.78 is 28.6. The number of rotatable bonds is 4. The van der Waals surface area contributed by atoms with Gasteiger partial charge in [-0.15, -0.1) is 0 Å². The van der Waals surface area contributed by atoms with Gasteiger partial charge in [0.05, 0.1) is 22.6 Å². The number of para-hydroxylation sites is 1. The predicted molar refractivity (Wildman–Crippen MR) is 104 cm³/mol. The van der Waals surface area contributed by atoms with Crippen molar-refractivity contribution in [3.05, 3.63) is 41.1 Å². The monoisotopic (exact) mass is 402 g/mol. The first-order valence-electron chi connectivity index (χ1n) is 9.46. The minimum Gasteiger partial charge on any atom is -0.449 e. The summed E-state index contributed by atoms with van der Waals surface area (Å²) in [5, 5.41) is 3.40. The topological polar surface area (TPSA) is 102 Å². The summed E-state index contributed by atoms with van der Waals surface area (Å²) in [6.45, 7) is 1.50. The predicted octanol–water partition coefficient (Wildman–Crippen LogP) is 1.57. The summed E-state index contributed by atoms with van der Waals surface area (Å²) in [4.78, 5) is 30.0. The van der Waals surface area contributed by atoms with Crippen LogP contribution in [0.1, 0.15) is 41.4 Å². The first-order chi connectivity index (χ1) is 13.3. The molecule has 2 aromatic rings. The number of amides is 1. The Hall–Kier alpha value is -2.48. The van der Waals surface area contributed by atoms with E-state index in [0.717, 1.165) is 41.4 Å². The molecule has 28 heavy (non-hydrogen) atoms. The third-order valence-corrected chi connectivity index (χ3v) is 7.12. The molecule has 1 aromatic carbocycles. The maximum absolute atomic E-state index is 12.9. The molecule has 1 amide bonds. The molecule has 0 unspecified atom stereocenters. The molecule has 1 aliphatic heterocycles. The third kappa shape index (κ3) is 3.61. The molecule has 7 nitrogen and oxygen atoms in total. The highest BCUT2D eigenvalue weighted by Crippen LogP contribution is 2.30. The summed E-state index contributed by atoms with van der Waals surface area (Å²) in [5.41, 5.74) is 3.04. The second-order valence-corrected chi connectivity index (χ2v) is 9.67. The molecule has 1 fully saturated rings. The highest BCUT2D eigenvalue weighted by molar-refractivity contribution is 7.91.